The van der Waals surface area contributed by atoms with Gasteiger partial charge in [-0.05, 0) is 43.3 Å². The van der Waals surface area contributed by atoms with Crippen molar-refractivity contribution in [1.82, 2.24) is 15.6 Å². The number of hydrogen-bond acceptors (Lipinski definition) is 4. The molecule has 7 heteroatoms. The number of benzene rings is 1. The van der Waals surface area contributed by atoms with Gasteiger partial charge in [-0.15, -0.1) is 0 Å². The summed E-state index contributed by atoms with van der Waals surface area (Å²) in [6.07, 6.45) is 2.43. The van der Waals surface area contributed by atoms with Gasteiger partial charge < -0.3 is 15.4 Å². The largest absolute Gasteiger partial charge is 0.481 e. The molecule has 0 spiro atoms. The Morgan fingerprint density at radius 3 is 2.54 bits per heavy atom. The lowest BCUT2D eigenvalue weighted by Crippen LogP contribution is -2.40. The first kappa shape index (κ1) is 17.7. The number of carbonyl (C=O) groups excluding carboxylic acids is 2. The molecule has 2 amide bonds. The molecule has 1 unspecified atom stereocenters. The van der Waals surface area contributed by atoms with Crippen LogP contribution in [0.5, 0.6) is 5.75 Å². The maximum absolute atomic E-state index is 11.9. The Morgan fingerprint density at radius 1 is 1.17 bits per heavy atom. The van der Waals surface area contributed by atoms with Crippen molar-refractivity contribution in [3.8, 4) is 5.75 Å². The van der Waals surface area contributed by atoms with Gasteiger partial charge in [0.25, 0.3) is 11.8 Å². The van der Waals surface area contributed by atoms with Crippen LogP contribution in [0, 0.1) is 0 Å². The Kier molecular flexibility index (Phi) is 6.57. The fourth-order valence-electron chi connectivity index (χ4n) is 1.88. The van der Waals surface area contributed by atoms with Gasteiger partial charge in [-0.25, -0.2) is 0 Å². The molecule has 1 atom stereocenters. The Morgan fingerprint density at radius 2 is 1.88 bits per heavy atom. The zero-order valence-electron chi connectivity index (χ0n) is 13.2. The van der Waals surface area contributed by atoms with Crippen LogP contribution in [0.2, 0.25) is 5.02 Å². The lowest BCUT2D eigenvalue weighted by atomic mass is 10.3. The van der Waals surface area contributed by atoms with Crippen LogP contribution in [0.1, 0.15) is 17.3 Å². The minimum atomic E-state index is -0.653. The second-order valence-corrected chi connectivity index (χ2v) is 5.44. The van der Waals surface area contributed by atoms with Gasteiger partial charge in [-0.1, -0.05) is 11.6 Å². The van der Waals surface area contributed by atoms with Crippen LogP contribution >= 0.6 is 11.6 Å². The first-order chi connectivity index (χ1) is 11.6. The topological polar surface area (TPSA) is 80.3 Å². The van der Waals surface area contributed by atoms with Gasteiger partial charge in [0.05, 0.1) is 5.56 Å². The molecule has 1 heterocycles. The van der Waals surface area contributed by atoms with E-state index < -0.39 is 6.10 Å². The van der Waals surface area contributed by atoms with Gasteiger partial charge in [0, 0.05) is 30.5 Å². The van der Waals surface area contributed by atoms with Crippen molar-refractivity contribution in [2.24, 2.45) is 0 Å². The smallest absolute Gasteiger partial charge is 0.260 e. The Bertz CT molecular complexity index is 677. The van der Waals surface area contributed by atoms with Crippen molar-refractivity contribution in [2.45, 2.75) is 13.0 Å². The van der Waals surface area contributed by atoms with Crippen LogP contribution < -0.4 is 15.4 Å². The number of nitrogens with one attached hydrogen (secondary N) is 2. The lowest BCUT2D eigenvalue weighted by Gasteiger charge is -2.15. The number of nitrogens with zero attached hydrogens (tertiary/aromatic N) is 1. The summed E-state index contributed by atoms with van der Waals surface area (Å²) in [5.41, 5.74) is 0.475. The molecule has 0 saturated heterocycles. The normalized spacial score (nSPS) is 11.4. The third kappa shape index (κ3) is 5.55. The summed E-state index contributed by atoms with van der Waals surface area (Å²) in [6.45, 7) is 2.27. The van der Waals surface area contributed by atoms with Crippen LogP contribution in [0.15, 0.2) is 48.8 Å². The van der Waals surface area contributed by atoms with Crippen molar-refractivity contribution in [1.29, 1.82) is 0 Å². The summed E-state index contributed by atoms with van der Waals surface area (Å²) in [5, 5.41) is 6.00. The van der Waals surface area contributed by atoms with Gasteiger partial charge in [-0.2, -0.15) is 0 Å². The summed E-state index contributed by atoms with van der Waals surface area (Å²) in [7, 11) is 0. The number of amides is 2. The molecule has 1 aromatic carbocycles. The number of ether oxygens (including phenoxy) is 1. The maximum Gasteiger partial charge on any atom is 0.260 e. The highest BCUT2D eigenvalue weighted by molar-refractivity contribution is 6.30. The number of pyridine rings is 1. The second-order valence-electron chi connectivity index (χ2n) is 5.00. The highest BCUT2D eigenvalue weighted by atomic mass is 35.5. The van der Waals surface area contributed by atoms with Crippen LogP contribution in [0.4, 0.5) is 0 Å². The van der Waals surface area contributed by atoms with Gasteiger partial charge in [0.1, 0.15) is 5.75 Å². The van der Waals surface area contributed by atoms with E-state index in [1.165, 1.54) is 6.20 Å². The van der Waals surface area contributed by atoms with Gasteiger partial charge in [-0.3, -0.25) is 14.6 Å². The van der Waals surface area contributed by atoms with Gasteiger partial charge >= 0.3 is 0 Å². The predicted molar refractivity (Wildman–Crippen MR) is 91.1 cm³/mol. The van der Waals surface area contributed by atoms with E-state index in [0.717, 1.165) is 0 Å². The SMILES string of the molecule is CC(Oc1ccc(Cl)cc1)C(=O)NCCNC(=O)c1cccnc1. The lowest BCUT2D eigenvalue weighted by molar-refractivity contribution is -0.127. The number of aromatic nitrogens is 1. The van der Waals surface area contributed by atoms with E-state index in [4.69, 9.17) is 16.3 Å². The van der Waals surface area contributed by atoms with Crippen LogP contribution in [0.3, 0.4) is 0 Å². The van der Waals surface area contributed by atoms with E-state index in [2.05, 4.69) is 15.6 Å². The van der Waals surface area contributed by atoms with E-state index in [1.807, 2.05) is 0 Å². The fourth-order valence-corrected chi connectivity index (χ4v) is 2.00. The highest BCUT2D eigenvalue weighted by Gasteiger charge is 2.14. The molecular formula is C17H18ClN3O3. The average Bonchev–Trinajstić information content (AvgIpc) is 2.61. The average molecular weight is 348 g/mol. The van der Waals surface area contributed by atoms with Crippen molar-refractivity contribution in [2.75, 3.05) is 13.1 Å². The van der Waals surface area contributed by atoms with Crippen LogP contribution in [-0.2, 0) is 4.79 Å². The molecule has 2 N–H and O–H groups in total. The minimum absolute atomic E-state index is 0.234. The molecule has 2 aromatic rings. The first-order valence-electron chi connectivity index (χ1n) is 7.44. The third-order valence-electron chi connectivity index (χ3n) is 3.13. The standard InChI is InChI=1S/C17H18ClN3O3/c1-12(24-15-6-4-14(18)5-7-15)16(22)20-9-10-21-17(23)13-3-2-8-19-11-13/h2-8,11-12H,9-10H2,1H3,(H,20,22)(H,21,23). The molecule has 0 aliphatic carbocycles. The van der Waals surface area contributed by atoms with E-state index >= 15 is 0 Å². The fraction of sp³-hybridized carbons (Fsp3) is 0.235. The van der Waals surface area contributed by atoms with Crippen LogP contribution in [-0.4, -0.2) is 36.0 Å². The zero-order chi connectivity index (χ0) is 17.4. The van der Waals surface area contributed by atoms with Gasteiger partial charge in [0.2, 0.25) is 0 Å². The minimum Gasteiger partial charge on any atom is -0.481 e. The third-order valence-corrected chi connectivity index (χ3v) is 3.38. The highest BCUT2D eigenvalue weighted by Crippen LogP contribution is 2.16. The maximum atomic E-state index is 11.9. The molecule has 0 aliphatic heterocycles. The second kappa shape index (κ2) is 8.88. The summed E-state index contributed by atoms with van der Waals surface area (Å²) in [6, 6.07) is 10.1. The molecule has 24 heavy (non-hydrogen) atoms. The molecule has 2 rings (SSSR count). The number of carbonyl (C=O) groups is 2. The van der Waals surface area contributed by atoms with E-state index in [0.29, 0.717) is 29.4 Å². The Labute approximate surface area is 145 Å². The van der Waals surface area contributed by atoms with E-state index in [9.17, 15) is 9.59 Å². The van der Waals surface area contributed by atoms with E-state index in [1.54, 1.807) is 49.5 Å². The van der Waals surface area contributed by atoms with Gasteiger partial charge in [0.15, 0.2) is 6.10 Å². The molecular weight excluding hydrogens is 330 g/mol. The summed E-state index contributed by atoms with van der Waals surface area (Å²) in [4.78, 5) is 27.6. The molecule has 0 saturated carbocycles. The molecule has 0 aliphatic rings. The zero-order valence-corrected chi connectivity index (χ0v) is 13.9. The van der Waals surface area contributed by atoms with Crippen LogP contribution in [0.25, 0.3) is 0 Å². The van der Waals surface area contributed by atoms with Crippen molar-refractivity contribution in [3.05, 3.63) is 59.4 Å². The molecule has 0 radical (unpaired) electrons. The summed E-state index contributed by atoms with van der Waals surface area (Å²) < 4.78 is 5.51. The number of hydrogen-bond donors (Lipinski definition) is 2. The Hall–Kier alpha value is -2.60. The predicted octanol–water partition coefficient (Wildman–Crippen LogP) is 2.05. The molecule has 126 valence electrons. The number of rotatable bonds is 7. The molecule has 0 fully saturated rings. The molecule has 6 nitrogen and oxygen atoms in total. The first-order valence-corrected chi connectivity index (χ1v) is 7.82. The molecule has 0 bridgehead atoms. The summed E-state index contributed by atoms with van der Waals surface area (Å²) in [5.74, 6) is 0.0651. The van der Waals surface area contributed by atoms with Crippen molar-refractivity contribution < 1.29 is 14.3 Å². The summed E-state index contributed by atoms with van der Waals surface area (Å²) >= 11 is 5.79. The Balaban J connectivity index is 1.69. The van der Waals surface area contributed by atoms with E-state index in [-0.39, 0.29) is 11.8 Å². The monoisotopic (exact) mass is 347 g/mol. The molecule has 1 aromatic heterocycles. The quantitative estimate of drug-likeness (QED) is 0.751. The van der Waals surface area contributed by atoms with Crippen molar-refractivity contribution >= 4 is 23.4 Å². The van der Waals surface area contributed by atoms with Crippen molar-refractivity contribution in [3.63, 3.8) is 0 Å². The number of halogens is 1.